The van der Waals surface area contributed by atoms with E-state index in [2.05, 4.69) is 200 Å². The van der Waals surface area contributed by atoms with Crippen molar-refractivity contribution in [2.45, 2.75) is 98.2 Å². The molecule has 0 aliphatic heterocycles. The van der Waals surface area contributed by atoms with Crippen LogP contribution in [0.3, 0.4) is 0 Å². The minimum Gasteiger partial charge on any atom is -0.507 e. The Hall–Kier alpha value is -6.50. The van der Waals surface area contributed by atoms with E-state index in [4.69, 9.17) is 14.4 Å². The van der Waals surface area contributed by atoms with E-state index >= 15 is 0 Å². The number of nitrogens with zero attached hydrogens (tertiary/aromatic N) is 6. The van der Waals surface area contributed by atoms with Gasteiger partial charge in [-0.1, -0.05) is 160 Å². The van der Waals surface area contributed by atoms with Gasteiger partial charge in [0.1, 0.15) is 35.8 Å². The first-order valence-corrected chi connectivity index (χ1v) is 28.1. The summed E-state index contributed by atoms with van der Waals surface area (Å²) >= 11 is 1.55. The summed E-state index contributed by atoms with van der Waals surface area (Å²) in [5, 5.41) is 34.4. The van der Waals surface area contributed by atoms with Crippen LogP contribution < -0.4 is 4.63 Å². The third-order valence-corrected chi connectivity index (χ3v) is 17.5. The number of furan rings is 1. The van der Waals surface area contributed by atoms with Crippen LogP contribution >= 0.6 is 11.3 Å². The molecule has 11 heteroatoms. The van der Waals surface area contributed by atoms with Crippen LogP contribution in [0.4, 0.5) is 0 Å². The average Bonchev–Trinajstić information content (AvgIpc) is 4.06. The molecule has 10 rings (SSSR count). The van der Waals surface area contributed by atoms with Crippen LogP contribution in [0.25, 0.3) is 94.1 Å². The van der Waals surface area contributed by atoms with Crippen LogP contribution in [0.15, 0.2) is 126 Å². The van der Waals surface area contributed by atoms with Gasteiger partial charge in [-0.3, -0.25) is 9.55 Å². The van der Waals surface area contributed by atoms with Crippen LogP contribution in [0.2, 0.25) is 19.6 Å². The van der Waals surface area contributed by atoms with E-state index < -0.39 is 8.07 Å². The van der Waals surface area contributed by atoms with Crippen molar-refractivity contribution in [3.05, 3.63) is 150 Å². The number of aromatic hydroxyl groups is 1. The zero-order valence-electron chi connectivity index (χ0n) is 42.3. The molecule has 71 heavy (non-hydrogen) atoms. The van der Waals surface area contributed by atoms with Gasteiger partial charge in [0.15, 0.2) is 0 Å². The zero-order valence-corrected chi connectivity index (χ0v) is 46.4. The van der Waals surface area contributed by atoms with E-state index in [1.54, 1.807) is 17.5 Å². The molecule has 8 nitrogen and oxygen atoms in total. The zero-order chi connectivity index (χ0) is 49.7. The maximum absolute atomic E-state index is 12.5. The summed E-state index contributed by atoms with van der Waals surface area (Å²) in [6.07, 6.45) is 1.80. The number of benzene rings is 6. The molecule has 1 N–H and O–H groups in total. The minimum absolute atomic E-state index is 0. The molecule has 0 bridgehead atoms. The van der Waals surface area contributed by atoms with Crippen molar-refractivity contribution in [2.24, 2.45) is 0 Å². The molecule has 6 aromatic carbocycles. The Balaban J connectivity index is 0.00000624. The van der Waals surface area contributed by atoms with Crippen molar-refractivity contribution in [2.75, 3.05) is 0 Å². The summed E-state index contributed by atoms with van der Waals surface area (Å²) in [4.78, 5) is 10.6. The van der Waals surface area contributed by atoms with E-state index in [0.29, 0.717) is 44.4 Å². The first kappa shape index (κ1) is 49.5. The SMILES string of the molecule is CC(C)(C)c1cc(-c2cccc3c2nc(-c2cc(C(C)(C)C)cc(C(C)(C)C)c2O)n3-c2ccccc2-c2ccccc2)[c-]c(-c2nccc3c2oc2cc(-c4nnc([Si](C)(C)C)s4)c(C#N)cc23)c1.[Pt]. The molecular formula is C60H57N6O2PtSSi-. The van der Waals surface area contributed by atoms with Gasteiger partial charge in [-0.25, -0.2) is 4.98 Å². The predicted molar refractivity (Wildman–Crippen MR) is 291 cm³/mol. The summed E-state index contributed by atoms with van der Waals surface area (Å²) in [5.41, 5.74) is 13.3. The normalized spacial score (nSPS) is 12.4. The molecule has 0 aliphatic carbocycles. The van der Waals surface area contributed by atoms with Gasteiger partial charge in [0, 0.05) is 60.4 Å². The van der Waals surface area contributed by atoms with Crippen LogP contribution in [0.5, 0.6) is 5.75 Å². The fraction of sp³-hybridized carbons (Fsp3) is 0.250. The molecule has 0 aliphatic rings. The maximum Gasteiger partial charge on any atom is 0.148 e. The summed E-state index contributed by atoms with van der Waals surface area (Å²) in [7, 11) is -1.72. The van der Waals surface area contributed by atoms with E-state index in [-0.39, 0.29) is 43.1 Å². The second kappa shape index (κ2) is 18.0. The first-order chi connectivity index (χ1) is 33.1. The Morgan fingerprint density at radius 3 is 2.04 bits per heavy atom. The number of hydrogen-bond acceptors (Lipinski definition) is 8. The number of phenolic OH excluding ortho intramolecular Hbond substituents is 1. The fourth-order valence-corrected chi connectivity index (χ4v) is 11.7. The van der Waals surface area contributed by atoms with Gasteiger partial charge in [-0.05, 0) is 63.8 Å². The molecule has 0 amide bonds. The van der Waals surface area contributed by atoms with Gasteiger partial charge in [-0.15, -0.1) is 50.9 Å². The van der Waals surface area contributed by atoms with E-state index in [0.717, 1.165) is 76.6 Å². The van der Waals surface area contributed by atoms with E-state index in [1.807, 2.05) is 24.3 Å². The maximum atomic E-state index is 12.5. The molecule has 0 radical (unpaired) electrons. The molecular weight excluding hydrogens is 1090 g/mol. The number of nitriles is 1. The first-order valence-electron chi connectivity index (χ1n) is 23.8. The van der Waals surface area contributed by atoms with Gasteiger partial charge in [-0.2, -0.15) is 5.26 Å². The third-order valence-electron chi connectivity index (χ3n) is 13.2. The van der Waals surface area contributed by atoms with Crippen molar-refractivity contribution < 1.29 is 30.6 Å². The molecule has 0 unspecified atom stereocenters. The summed E-state index contributed by atoms with van der Waals surface area (Å²) < 4.78 is 10.0. The minimum atomic E-state index is -1.72. The Kier molecular flexibility index (Phi) is 12.5. The number of aromatic nitrogens is 5. The van der Waals surface area contributed by atoms with Gasteiger partial charge >= 0.3 is 0 Å². The largest absolute Gasteiger partial charge is 0.507 e. The Morgan fingerprint density at radius 2 is 1.37 bits per heavy atom. The molecule has 0 spiro atoms. The molecule has 360 valence electrons. The number of fused-ring (bicyclic) bond motifs is 4. The molecule has 10 aromatic rings. The van der Waals surface area contributed by atoms with Crippen molar-refractivity contribution in [3.8, 4) is 73.0 Å². The smallest absolute Gasteiger partial charge is 0.148 e. The second-order valence-electron chi connectivity index (χ2n) is 22.5. The molecule has 0 fully saturated rings. The van der Waals surface area contributed by atoms with Crippen molar-refractivity contribution in [1.82, 2.24) is 24.7 Å². The number of hydrogen-bond donors (Lipinski definition) is 1. The van der Waals surface area contributed by atoms with Gasteiger partial charge in [0.25, 0.3) is 0 Å². The Bertz CT molecular complexity index is 3740. The van der Waals surface area contributed by atoms with Crippen LogP contribution in [-0.4, -0.2) is 37.9 Å². The quantitative estimate of drug-likeness (QED) is 0.125. The number of pyridine rings is 1. The average molecular weight is 1150 g/mol. The van der Waals surface area contributed by atoms with E-state index in [1.165, 1.54) is 0 Å². The standard InChI is InChI=1S/C60H57N6O2SSi.Pt/c1-58(2,3)39-28-36(27-37(29-39)51-54-43(25-26-62-51)45-30-38(34-61)44(33-50(45)68-54)56-64-65-57(69-56)70(10,11)12)42-22-18-24-49-52(42)63-55(46-31-40(59(4,5)6)32-47(53(46)67)60(7,8)9)66(49)48-23-17-16-21-41(48)35-19-14-13-15-20-35;/h13-26,28-33,67H,1-12H3;/q-1;. The predicted octanol–water partition coefficient (Wildman–Crippen LogP) is 15.3. The van der Waals surface area contributed by atoms with Crippen LogP contribution in [0.1, 0.15) is 84.6 Å². The molecule has 4 aromatic heterocycles. The fourth-order valence-electron chi connectivity index (χ4n) is 9.20. The number of rotatable bonds is 7. The number of para-hydroxylation sites is 2. The Morgan fingerprint density at radius 1 is 0.690 bits per heavy atom. The molecule has 0 saturated heterocycles. The summed E-state index contributed by atoms with van der Waals surface area (Å²) in [5.74, 6) is 0.861. The molecule has 0 saturated carbocycles. The molecule has 0 atom stereocenters. The summed E-state index contributed by atoms with van der Waals surface area (Å²) in [6, 6.07) is 45.8. The third kappa shape index (κ3) is 8.98. The van der Waals surface area contributed by atoms with Crippen molar-refractivity contribution in [3.63, 3.8) is 0 Å². The van der Waals surface area contributed by atoms with Crippen molar-refractivity contribution in [1.29, 1.82) is 5.26 Å². The van der Waals surface area contributed by atoms with Crippen molar-refractivity contribution >= 4 is 57.0 Å². The topological polar surface area (TPSA) is 114 Å². The van der Waals surface area contributed by atoms with Gasteiger partial charge in [0.05, 0.1) is 38.5 Å². The molecule has 4 heterocycles. The number of imidazole rings is 1. The van der Waals surface area contributed by atoms with Gasteiger partial charge < -0.3 is 9.52 Å². The van der Waals surface area contributed by atoms with Crippen LogP contribution in [0, 0.1) is 17.4 Å². The number of phenols is 1. The monoisotopic (exact) mass is 1150 g/mol. The van der Waals surface area contributed by atoms with Gasteiger partial charge in [0.2, 0.25) is 0 Å². The second-order valence-corrected chi connectivity index (χ2v) is 28.8. The van der Waals surface area contributed by atoms with Crippen LogP contribution in [-0.2, 0) is 37.3 Å². The van der Waals surface area contributed by atoms with E-state index in [9.17, 15) is 10.4 Å². The Labute approximate surface area is 435 Å². The summed E-state index contributed by atoms with van der Waals surface area (Å²) in [6.45, 7) is 26.4.